The van der Waals surface area contributed by atoms with E-state index in [1.54, 1.807) is 11.1 Å². The van der Waals surface area contributed by atoms with Crippen LogP contribution in [0, 0.1) is 13.8 Å². The Morgan fingerprint density at radius 2 is 1.62 bits per heavy atom. The van der Waals surface area contributed by atoms with E-state index in [1.165, 1.54) is 54.6 Å². The number of hydrogen-bond acceptors (Lipinski definition) is 1. The van der Waals surface area contributed by atoms with Crippen LogP contribution in [0.2, 0.25) is 0 Å². The topological polar surface area (TPSA) is 3.24 Å². The average Bonchev–Trinajstić information content (AvgIpc) is 2.58. The molecule has 0 atom stereocenters. The van der Waals surface area contributed by atoms with E-state index in [0.717, 1.165) is 6.54 Å². The van der Waals surface area contributed by atoms with Crippen LogP contribution >= 0.6 is 0 Å². The van der Waals surface area contributed by atoms with Crippen molar-refractivity contribution in [3.63, 3.8) is 0 Å². The first-order valence-corrected chi connectivity index (χ1v) is 10.2. The van der Waals surface area contributed by atoms with Crippen molar-refractivity contribution in [3.05, 3.63) is 69.8 Å². The van der Waals surface area contributed by atoms with Crippen LogP contribution in [0.15, 0.2) is 36.4 Å². The summed E-state index contributed by atoms with van der Waals surface area (Å²) in [7, 11) is 0. The molecule has 1 aliphatic carbocycles. The molecule has 0 unspecified atom stereocenters. The summed E-state index contributed by atoms with van der Waals surface area (Å²) in [4.78, 5) is 2.65. The standard InChI is InChI=1S/C25H33N/c1-18-14-19(2)22-16-25(23(22)15-18)10-12-26(13-11-25)17-20-6-8-21(9-7-20)24(3,4)5/h6-9,14-15H,10-13,16-17H2,1-5H3. The zero-order chi connectivity index (χ0) is 18.5. The van der Waals surface area contributed by atoms with Crippen LogP contribution in [0.3, 0.4) is 0 Å². The second-order valence-corrected chi connectivity index (χ2v) is 9.79. The van der Waals surface area contributed by atoms with Crippen LogP contribution in [0.4, 0.5) is 0 Å². The summed E-state index contributed by atoms with van der Waals surface area (Å²) < 4.78 is 0. The summed E-state index contributed by atoms with van der Waals surface area (Å²) in [6.07, 6.45) is 3.95. The SMILES string of the molecule is Cc1cc(C)c2c(c1)C1(CCN(Cc3ccc(C(C)(C)C)cc3)CC1)C2. The van der Waals surface area contributed by atoms with Crippen LogP contribution < -0.4 is 0 Å². The van der Waals surface area contributed by atoms with Crippen molar-refractivity contribution in [2.24, 2.45) is 0 Å². The quantitative estimate of drug-likeness (QED) is 0.674. The van der Waals surface area contributed by atoms with E-state index in [2.05, 4.69) is 75.9 Å². The fourth-order valence-corrected chi connectivity index (χ4v) is 4.99. The lowest BCUT2D eigenvalue weighted by Gasteiger charge is -2.50. The number of nitrogens with zero attached hydrogens (tertiary/aromatic N) is 1. The number of aryl methyl sites for hydroxylation is 2. The molecule has 1 heteroatoms. The van der Waals surface area contributed by atoms with E-state index in [4.69, 9.17) is 0 Å². The van der Waals surface area contributed by atoms with Gasteiger partial charge in [0.25, 0.3) is 0 Å². The van der Waals surface area contributed by atoms with Crippen LogP contribution in [-0.4, -0.2) is 18.0 Å². The molecule has 0 saturated carbocycles. The molecule has 0 bridgehead atoms. The predicted octanol–water partition coefficient (Wildman–Crippen LogP) is 5.69. The molecule has 1 aliphatic heterocycles. The molecule has 0 N–H and O–H groups in total. The molecule has 2 aliphatic rings. The number of piperidine rings is 1. The Labute approximate surface area is 159 Å². The molecule has 0 radical (unpaired) electrons. The van der Waals surface area contributed by atoms with Crippen molar-refractivity contribution in [2.45, 2.75) is 71.3 Å². The van der Waals surface area contributed by atoms with Gasteiger partial charge in [0, 0.05) is 12.0 Å². The van der Waals surface area contributed by atoms with Crippen LogP contribution in [0.5, 0.6) is 0 Å². The molecule has 1 fully saturated rings. The number of hydrogen-bond donors (Lipinski definition) is 0. The van der Waals surface area contributed by atoms with Gasteiger partial charge in [-0.2, -0.15) is 0 Å². The first-order chi connectivity index (χ1) is 12.3. The van der Waals surface area contributed by atoms with Gasteiger partial charge >= 0.3 is 0 Å². The third-order valence-electron chi connectivity index (χ3n) is 6.74. The van der Waals surface area contributed by atoms with Gasteiger partial charge in [-0.1, -0.05) is 62.7 Å². The van der Waals surface area contributed by atoms with Gasteiger partial charge in [0.15, 0.2) is 0 Å². The summed E-state index contributed by atoms with van der Waals surface area (Å²) >= 11 is 0. The van der Waals surface area contributed by atoms with Gasteiger partial charge in [-0.15, -0.1) is 0 Å². The Hall–Kier alpha value is -1.60. The fraction of sp³-hybridized carbons (Fsp3) is 0.520. The van der Waals surface area contributed by atoms with E-state index in [-0.39, 0.29) is 5.41 Å². The molecule has 0 aromatic heterocycles. The molecule has 26 heavy (non-hydrogen) atoms. The van der Waals surface area contributed by atoms with E-state index in [0.29, 0.717) is 5.41 Å². The highest BCUT2D eigenvalue weighted by Gasteiger charge is 2.45. The summed E-state index contributed by atoms with van der Waals surface area (Å²) in [6, 6.07) is 14.1. The van der Waals surface area contributed by atoms with Crippen LogP contribution in [0.25, 0.3) is 0 Å². The van der Waals surface area contributed by atoms with Gasteiger partial charge in [0.2, 0.25) is 0 Å². The minimum absolute atomic E-state index is 0.240. The lowest BCUT2D eigenvalue weighted by molar-refractivity contribution is 0.137. The molecular formula is C25H33N. The summed E-state index contributed by atoms with van der Waals surface area (Å²) in [6.45, 7) is 14.9. The second-order valence-electron chi connectivity index (χ2n) is 9.79. The Bertz CT molecular complexity index is 799. The molecular weight excluding hydrogens is 314 g/mol. The number of fused-ring (bicyclic) bond motifs is 2. The highest BCUT2D eigenvalue weighted by atomic mass is 15.1. The molecule has 4 rings (SSSR count). The zero-order valence-corrected chi connectivity index (χ0v) is 17.2. The van der Waals surface area contributed by atoms with E-state index >= 15 is 0 Å². The third-order valence-corrected chi connectivity index (χ3v) is 6.74. The van der Waals surface area contributed by atoms with Crippen molar-refractivity contribution in [2.75, 3.05) is 13.1 Å². The van der Waals surface area contributed by atoms with Crippen molar-refractivity contribution < 1.29 is 0 Å². The molecule has 138 valence electrons. The lowest BCUT2D eigenvalue weighted by Crippen LogP contribution is -2.49. The number of rotatable bonds is 2. The van der Waals surface area contributed by atoms with Gasteiger partial charge in [0.05, 0.1) is 0 Å². The van der Waals surface area contributed by atoms with Gasteiger partial charge in [-0.3, -0.25) is 4.90 Å². The fourth-order valence-electron chi connectivity index (χ4n) is 4.99. The van der Waals surface area contributed by atoms with Gasteiger partial charge < -0.3 is 0 Å². The normalized spacial score (nSPS) is 19.3. The Morgan fingerprint density at radius 1 is 0.962 bits per heavy atom. The zero-order valence-electron chi connectivity index (χ0n) is 17.2. The van der Waals surface area contributed by atoms with Crippen LogP contribution in [-0.2, 0) is 23.8 Å². The molecule has 1 saturated heterocycles. The van der Waals surface area contributed by atoms with E-state index < -0.39 is 0 Å². The molecule has 1 nitrogen and oxygen atoms in total. The maximum Gasteiger partial charge on any atom is 0.0233 e. The predicted molar refractivity (Wildman–Crippen MR) is 111 cm³/mol. The van der Waals surface area contributed by atoms with Gasteiger partial charge in [-0.25, -0.2) is 0 Å². The van der Waals surface area contributed by atoms with E-state index in [1.807, 2.05) is 0 Å². The average molecular weight is 348 g/mol. The lowest BCUT2D eigenvalue weighted by atomic mass is 9.58. The minimum atomic E-state index is 0.240. The molecule has 0 amide bonds. The van der Waals surface area contributed by atoms with E-state index in [9.17, 15) is 0 Å². The Balaban J connectivity index is 1.40. The maximum absolute atomic E-state index is 2.65. The minimum Gasteiger partial charge on any atom is -0.299 e. The molecule has 2 aromatic carbocycles. The monoisotopic (exact) mass is 347 g/mol. The first-order valence-electron chi connectivity index (χ1n) is 10.2. The Kier molecular flexibility index (Phi) is 4.27. The van der Waals surface area contributed by atoms with Gasteiger partial charge in [-0.05, 0) is 79.4 Å². The summed E-state index contributed by atoms with van der Waals surface area (Å²) in [5.41, 5.74) is 9.85. The van der Waals surface area contributed by atoms with Crippen molar-refractivity contribution in [3.8, 4) is 0 Å². The van der Waals surface area contributed by atoms with Crippen molar-refractivity contribution >= 4 is 0 Å². The number of benzene rings is 2. The van der Waals surface area contributed by atoms with Gasteiger partial charge in [0.1, 0.15) is 0 Å². The first kappa shape index (κ1) is 17.8. The maximum atomic E-state index is 2.65. The Morgan fingerprint density at radius 3 is 2.23 bits per heavy atom. The number of likely N-dealkylation sites (tertiary alicyclic amines) is 1. The molecule has 2 aromatic rings. The highest BCUT2D eigenvalue weighted by Crippen LogP contribution is 2.49. The van der Waals surface area contributed by atoms with Crippen molar-refractivity contribution in [1.29, 1.82) is 0 Å². The molecule has 1 heterocycles. The second kappa shape index (κ2) is 6.23. The highest BCUT2D eigenvalue weighted by molar-refractivity contribution is 5.51. The largest absolute Gasteiger partial charge is 0.299 e. The van der Waals surface area contributed by atoms with Crippen molar-refractivity contribution in [1.82, 2.24) is 4.90 Å². The summed E-state index contributed by atoms with van der Waals surface area (Å²) in [5, 5.41) is 0. The summed E-state index contributed by atoms with van der Waals surface area (Å²) in [5.74, 6) is 0. The molecule has 1 spiro atoms. The smallest absolute Gasteiger partial charge is 0.0233 e. The third kappa shape index (κ3) is 3.11. The van der Waals surface area contributed by atoms with Crippen LogP contribution in [0.1, 0.15) is 67.0 Å².